The van der Waals surface area contributed by atoms with E-state index in [1.54, 1.807) is 18.5 Å². The van der Waals surface area contributed by atoms with Gasteiger partial charge in [-0.15, -0.1) is 0 Å². The maximum absolute atomic E-state index is 12.2. The van der Waals surface area contributed by atoms with Gasteiger partial charge in [0.1, 0.15) is 5.82 Å². The van der Waals surface area contributed by atoms with Crippen molar-refractivity contribution in [1.82, 2.24) is 20.3 Å². The lowest BCUT2D eigenvalue weighted by Gasteiger charge is -2.22. The Kier molecular flexibility index (Phi) is 6.26. The molecule has 0 fully saturated rings. The first kappa shape index (κ1) is 19.5. The molecule has 0 aliphatic heterocycles. The number of nitrogens with one attached hydrogen (secondary N) is 2. The second-order valence-electron chi connectivity index (χ2n) is 6.61. The number of hydrogen-bond acceptors (Lipinski definition) is 4. The Bertz CT molecular complexity index is 973. The Labute approximate surface area is 167 Å². The molecule has 2 N–H and O–H groups in total. The Balaban J connectivity index is 1.87. The van der Waals surface area contributed by atoms with Crippen molar-refractivity contribution in [2.24, 2.45) is 5.92 Å². The molecular weight excluding hydrogens is 383 g/mol. The fourth-order valence-electron chi connectivity index (χ4n) is 2.83. The molecule has 1 atom stereocenters. The van der Waals surface area contributed by atoms with Crippen LogP contribution >= 0.6 is 23.2 Å². The van der Waals surface area contributed by atoms with E-state index in [0.29, 0.717) is 28.1 Å². The van der Waals surface area contributed by atoms with Crippen LogP contribution < -0.4 is 10.9 Å². The largest absolute Gasteiger partial charge is 0.306 e. The molecule has 0 aliphatic carbocycles. The van der Waals surface area contributed by atoms with E-state index in [1.807, 2.05) is 24.3 Å². The summed E-state index contributed by atoms with van der Waals surface area (Å²) in [6.07, 6.45) is 3.36. The van der Waals surface area contributed by atoms with Crippen molar-refractivity contribution in [2.45, 2.75) is 26.4 Å². The van der Waals surface area contributed by atoms with Crippen LogP contribution in [0.1, 0.15) is 31.1 Å². The number of halogens is 2. The van der Waals surface area contributed by atoms with Crippen LogP contribution in [0.2, 0.25) is 10.0 Å². The Hall–Kier alpha value is -2.21. The third kappa shape index (κ3) is 4.95. The average molecular weight is 403 g/mol. The Morgan fingerprint density at radius 1 is 1.15 bits per heavy atom. The van der Waals surface area contributed by atoms with Gasteiger partial charge in [-0.05, 0) is 35.7 Å². The van der Waals surface area contributed by atoms with Crippen molar-refractivity contribution in [1.29, 1.82) is 0 Å². The van der Waals surface area contributed by atoms with E-state index in [0.717, 1.165) is 11.1 Å². The van der Waals surface area contributed by atoms with Crippen LogP contribution in [0.4, 0.5) is 0 Å². The molecule has 0 radical (unpaired) electrons. The summed E-state index contributed by atoms with van der Waals surface area (Å²) in [6, 6.07) is 10.6. The van der Waals surface area contributed by atoms with Gasteiger partial charge < -0.3 is 10.3 Å². The zero-order valence-corrected chi connectivity index (χ0v) is 16.6. The summed E-state index contributed by atoms with van der Waals surface area (Å²) in [7, 11) is 0. The predicted molar refractivity (Wildman–Crippen MR) is 109 cm³/mol. The molecule has 2 aromatic heterocycles. The fraction of sp³-hybridized carbons (Fsp3) is 0.250. The molecule has 3 aromatic rings. The summed E-state index contributed by atoms with van der Waals surface area (Å²) in [5.41, 5.74) is 2.27. The summed E-state index contributed by atoms with van der Waals surface area (Å²) in [6.45, 7) is 4.74. The molecule has 0 saturated heterocycles. The molecule has 0 aliphatic rings. The van der Waals surface area contributed by atoms with Crippen molar-refractivity contribution in [3.63, 3.8) is 0 Å². The fourth-order valence-corrected chi connectivity index (χ4v) is 3.16. The second-order valence-corrected chi connectivity index (χ2v) is 7.43. The van der Waals surface area contributed by atoms with Gasteiger partial charge in [0.05, 0.1) is 21.8 Å². The van der Waals surface area contributed by atoms with Crippen molar-refractivity contribution in [2.75, 3.05) is 0 Å². The van der Waals surface area contributed by atoms with Crippen LogP contribution in [0.3, 0.4) is 0 Å². The maximum atomic E-state index is 12.2. The third-order valence-electron chi connectivity index (χ3n) is 4.19. The van der Waals surface area contributed by atoms with Crippen LogP contribution in [0.5, 0.6) is 0 Å². The number of aromatic amines is 1. The van der Waals surface area contributed by atoms with Crippen LogP contribution in [-0.4, -0.2) is 15.0 Å². The van der Waals surface area contributed by atoms with Crippen molar-refractivity contribution in [3.05, 3.63) is 80.4 Å². The quantitative estimate of drug-likeness (QED) is 0.630. The van der Waals surface area contributed by atoms with E-state index < -0.39 is 0 Å². The summed E-state index contributed by atoms with van der Waals surface area (Å²) < 4.78 is 0. The van der Waals surface area contributed by atoms with Crippen molar-refractivity contribution in [3.8, 4) is 11.4 Å². The molecule has 1 aromatic carbocycles. The number of rotatable bonds is 6. The zero-order chi connectivity index (χ0) is 19.4. The van der Waals surface area contributed by atoms with E-state index in [-0.39, 0.29) is 17.5 Å². The molecule has 7 heteroatoms. The van der Waals surface area contributed by atoms with Gasteiger partial charge in [-0.1, -0.05) is 43.1 Å². The topological polar surface area (TPSA) is 70.7 Å². The highest BCUT2D eigenvalue weighted by Crippen LogP contribution is 2.25. The van der Waals surface area contributed by atoms with Gasteiger partial charge in [-0.25, -0.2) is 4.98 Å². The molecule has 27 heavy (non-hydrogen) atoms. The SMILES string of the molecule is CC(C)[C@H](NCc1ccc(Cl)c(Cl)c1)c1cc(=O)[nH]c(-c2cccnc2)n1. The number of hydrogen-bond donors (Lipinski definition) is 2. The maximum Gasteiger partial charge on any atom is 0.251 e. The van der Waals surface area contributed by atoms with Crippen LogP contribution in [-0.2, 0) is 6.54 Å². The van der Waals surface area contributed by atoms with Gasteiger partial charge in [0, 0.05) is 30.6 Å². The molecule has 0 bridgehead atoms. The number of benzene rings is 1. The lowest BCUT2D eigenvalue weighted by atomic mass is 10.00. The van der Waals surface area contributed by atoms with E-state index in [4.69, 9.17) is 23.2 Å². The van der Waals surface area contributed by atoms with Gasteiger partial charge in [0.25, 0.3) is 5.56 Å². The summed E-state index contributed by atoms with van der Waals surface area (Å²) in [5, 5.41) is 4.52. The lowest BCUT2D eigenvalue weighted by Crippen LogP contribution is -2.28. The molecule has 0 spiro atoms. The molecule has 0 amide bonds. The van der Waals surface area contributed by atoms with Gasteiger partial charge in [-0.2, -0.15) is 0 Å². The van der Waals surface area contributed by atoms with Crippen LogP contribution in [0.15, 0.2) is 53.6 Å². The van der Waals surface area contributed by atoms with E-state index >= 15 is 0 Å². The molecule has 140 valence electrons. The predicted octanol–water partition coefficient (Wildman–Crippen LogP) is 4.63. The van der Waals surface area contributed by atoms with Gasteiger partial charge in [0.2, 0.25) is 0 Å². The molecule has 2 heterocycles. The number of aromatic nitrogens is 3. The van der Waals surface area contributed by atoms with E-state index in [2.05, 4.69) is 34.1 Å². The van der Waals surface area contributed by atoms with Crippen LogP contribution in [0, 0.1) is 5.92 Å². The van der Waals surface area contributed by atoms with Gasteiger partial charge in [-0.3, -0.25) is 9.78 Å². The Morgan fingerprint density at radius 3 is 2.63 bits per heavy atom. The summed E-state index contributed by atoms with van der Waals surface area (Å²) >= 11 is 12.1. The minimum absolute atomic E-state index is 0.0998. The first-order valence-electron chi connectivity index (χ1n) is 8.63. The highest BCUT2D eigenvalue weighted by Gasteiger charge is 2.19. The lowest BCUT2D eigenvalue weighted by molar-refractivity contribution is 0.401. The minimum atomic E-state index is -0.194. The van der Waals surface area contributed by atoms with E-state index in [1.165, 1.54) is 6.07 Å². The molecule has 0 saturated carbocycles. The number of nitrogens with zero attached hydrogens (tertiary/aromatic N) is 2. The van der Waals surface area contributed by atoms with Crippen molar-refractivity contribution < 1.29 is 0 Å². The normalized spacial score (nSPS) is 12.3. The zero-order valence-electron chi connectivity index (χ0n) is 15.0. The van der Waals surface area contributed by atoms with E-state index in [9.17, 15) is 4.79 Å². The summed E-state index contributed by atoms with van der Waals surface area (Å²) in [5.74, 6) is 0.733. The minimum Gasteiger partial charge on any atom is -0.306 e. The second kappa shape index (κ2) is 8.65. The third-order valence-corrected chi connectivity index (χ3v) is 4.93. The molecule has 0 unspecified atom stereocenters. The van der Waals surface area contributed by atoms with Crippen LogP contribution in [0.25, 0.3) is 11.4 Å². The molecule has 3 rings (SSSR count). The highest BCUT2D eigenvalue weighted by molar-refractivity contribution is 6.42. The number of pyridine rings is 1. The van der Waals surface area contributed by atoms with Crippen molar-refractivity contribution >= 4 is 23.2 Å². The van der Waals surface area contributed by atoms with Gasteiger partial charge >= 0.3 is 0 Å². The summed E-state index contributed by atoms with van der Waals surface area (Å²) in [4.78, 5) is 23.7. The average Bonchev–Trinajstić information content (AvgIpc) is 2.65. The molecule has 5 nitrogen and oxygen atoms in total. The highest BCUT2D eigenvalue weighted by atomic mass is 35.5. The number of H-pyrrole nitrogens is 1. The standard InChI is InChI=1S/C20H20Cl2N4O/c1-12(2)19(24-10-13-5-6-15(21)16(22)8-13)17-9-18(27)26-20(25-17)14-4-3-7-23-11-14/h3-9,11-12,19,24H,10H2,1-2H3,(H,25,26,27)/t19-/m0/s1. The monoisotopic (exact) mass is 402 g/mol. The Morgan fingerprint density at radius 2 is 1.96 bits per heavy atom. The first-order chi connectivity index (χ1) is 12.9. The smallest absolute Gasteiger partial charge is 0.251 e. The van der Waals surface area contributed by atoms with Gasteiger partial charge in [0.15, 0.2) is 0 Å². The first-order valence-corrected chi connectivity index (χ1v) is 9.38. The molecular formula is C20H20Cl2N4O.